The van der Waals surface area contributed by atoms with E-state index in [-0.39, 0.29) is 21.1 Å². The van der Waals surface area contributed by atoms with Crippen molar-refractivity contribution in [1.29, 1.82) is 0 Å². The number of pyridine rings is 1. The molecule has 0 fully saturated rings. The van der Waals surface area contributed by atoms with Gasteiger partial charge in [0.05, 0.1) is 5.69 Å². The van der Waals surface area contributed by atoms with Gasteiger partial charge >= 0.3 is 21.1 Å². The number of allylic oxidation sites excluding steroid dienone is 2. The minimum Gasteiger partial charge on any atom is -0.509 e. The monoisotopic (exact) mass is 885 g/mol. The third-order valence-corrected chi connectivity index (χ3v) is 10.8. The van der Waals surface area contributed by atoms with Crippen LogP contribution < -0.4 is 4.74 Å². The van der Waals surface area contributed by atoms with Crippen molar-refractivity contribution < 1.29 is 25.8 Å². The summed E-state index contributed by atoms with van der Waals surface area (Å²) in [4.78, 5) is 4.75. The van der Waals surface area contributed by atoms with Crippen LogP contribution in [0.1, 0.15) is 102 Å². The molecule has 1 aliphatic carbocycles. The largest absolute Gasteiger partial charge is 2.00 e. The third kappa shape index (κ3) is 8.12. The Bertz CT molecular complexity index is 2260. The molecule has 0 amide bonds. The molecule has 53 heavy (non-hydrogen) atoms. The number of fused-ring (bicyclic) bond motifs is 3. The molecule has 6 aromatic rings. The van der Waals surface area contributed by atoms with Crippen LogP contribution in [-0.4, -0.2) is 19.3 Å². The number of aromatic nitrogens is 4. The predicted octanol–water partition coefficient (Wildman–Crippen LogP) is 12.3. The number of para-hydroxylation sites is 1. The molecule has 0 saturated carbocycles. The summed E-state index contributed by atoms with van der Waals surface area (Å²) in [7, 11) is 0. The quantitative estimate of drug-likeness (QED) is 0.0962. The minimum atomic E-state index is 0. The van der Waals surface area contributed by atoms with Crippen LogP contribution >= 0.6 is 0 Å². The van der Waals surface area contributed by atoms with Gasteiger partial charge < -0.3 is 9.30 Å². The molecule has 6 heteroatoms. The van der Waals surface area contributed by atoms with E-state index in [1.807, 2.05) is 18.3 Å². The zero-order chi connectivity index (χ0) is 36.7. The fourth-order valence-corrected chi connectivity index (χ4v) is 8.42. The first kappa shape index (κ1) is 38.8. The van der Waals surface area contributed by atoms with Crippen molar-refractivity contribution in [3.63, 3.8) is 0 Å². The Hall–Kier alpha value is -3.95. The van der Waals surface area contributed by atoms with E-state index in [1.54, 1.807) is 0 Å². The maximum absolute atomic E-state index is 6.66. The number of hydrogen-bond donors (Lipinski definition) is 0. The number of rotatable bonds is 11. The first-order chi connectivity index (χ1) is 25.0. The summed E-state index contributed by atoms with van der Waals surface area (Å²) in [5.41, 5.74) is 10.8. The van der Waals surface area contributed by atoms with Crippen LogP contribution in [0.2, 0.25) is 0 Å². The molecule has 5 nitrogen and oxygen atoms in total. The van der Waals surface area contributed by atoms with Gasteiger partial charge in [-0.25, -0.2) is 4.98 Å². The molecule has 0 N–H and O–H groups in total. The molecule has 0 aliphatic heterocycles. The first-order valence-corrected chi connectivity index (χ1v) is 19.4. The summed E-state index contributed by atoms with van der Waals surface area (Å²) in [6, 6.07) is 28.3. The zero-order valence-electron chi connectivity index (χ0n) is 32.9. The Labute approximate surface area is 331 Å². The molecule has 3 atom stereocenters. The number of hydrogen-bond acceptors (Lipinski definition) is 3. The second-order valence-corrected chi connectivity index (χ2v) is 16.3. The van der Waals surface area contributed by atoms with Gasteiger partial charge in [0.2, 0.25) is 0 Å². The summed E-state index contributed by atoms with van der Waals surface area (Å²) in [6.07, 6.45) is 9.76. The van der Waals surface area contributed by atoms with Crippen molar-refractivity contribution in [2.45, 2.75) is 100 Å². The van der Waals surface area contributed by atoms with Crippen LogP contribution in [0.5, 0.6) is 11.5 Å². The van der Waals surface area contributed by atoms with E-state index in [1.165, 1.54) is 28.9 Å². The fourth-order valence-electron chi connectivity index (χ4n) is 8.42. The molecular formula is C47H54N4OPt. The molecule has 0 saturated heterocycles. The van der Waals surface area contributed by atoms with E-state index < -0.39 is 0 Å². The molecule has 1 aliphatic rings. The second kappa shape index (κ2) is 16.2. The topological polar surface area (TPSA) is 44.9 Å². The number of ether oxygens (including phenoxy) is 1. The molecule has 278 valence electrons. The van der Waals surface area contributed by atoms with Crippen LogP contribution in [0.3, 0.4) is 0 Å². The van der Waals surface area contributed by atoms with E-state index in [9.17, 15) is 0 Å². The van der Waals surface area contributed by atoms with Crippen LogP contribution in [0.4, 0.5) is 0 Å². The van der Waals surface area contributed by atoms with Crippen LogP contribution in [0, 0.1) is 49.7 Å². The van der Waals surface area contributed by atoms with E-state index in [4.69, 9.17) is 14.8 Å². The number of nitrogens with zero attached hydrogens (tertiary/aromatic N) is 4. The van der Waals surface area contributed by atoms with Gasteiger partial charge in [0.15, 0.2) is 0 Å². The Morgan fingerprint density at radius 2 is 1.58 bits per heavy atom. The summed E-state index contributed by atoms with van der Waals surface area (Å²) in [5.74, 6) is 4.91. The normalized spacial score (nSPS) is 17.5. The van der Waals surface area contributed by atoms with Crippen molar-refractivity contribution in [2.75, 3.05) is 0 Å². The third-order valence-electron chi connectivity index (χ3n) is 10.8. The van der Waals surface area contributed by atoms with Gasteiger partial charge in [-0.15, -0.1) is 35.7 Å². The molecule has 0 bridgehead atoms. The molecule has 3 aromatic carbocycles. The van der Waals surface area contributed by atoms with E-state index >= 15 is 0 Å². The number of benzene rings is 3. The van der Waals surface area contributed by atoms with Crippen LogP contribution in [-0.2, 0) is 33.9 Å². The number of aryl methyl sites for hydroxylation is 3. The van der Waals surface area contributed by atoms with E-state index in [0.717, 1.165) is 70.1 Å². The molecule has 3 heterocycles. The standard InChI is InChI=1S/C47H54N4O.Pt/c1-29(2)14-18-41-47(46-34(8)22-32(6)23-35(46)9)43(19-15-30(3)4)51(49-41)36-24-33(7)25-38(27-36)52-37-16-17-40-39-12-10-11-13-42(39)50(44(40)28-37)45-26-31(5)20-21-48-45;/h10-13,16-17,20-22,24-26,29-30,32,35,46H,14-15,18-19,23H2,1-9H3;/q-2;+2/t32-,35-,46?;/m0./s1. The zero-order valence-corrected chi connectivity index (χ0v) is 35.1. The molecule has 7 rings (SSSR count). The summed E-state index contributed by atoms with van der Waals surface area (Å²) >= 11 is 0. The predicted molar refractivity (Wildman–Crippen MR) is 215 cm³/mol. The SMILES string of the molecule is CC1=C[C@H](C)C[C@H](C)C1c1c(CCC(C)C)nn(-c2[c-]c(Oc3[c-]c4c(cc3)c3ccccc3n4-c3cc(C)ccn3)cc(C)c2)c1CCC(C)C.[Pt+2]. The maximum atomic E-state index is 6.66. The fraction of sp³-hybridized carbons (Fsp3) is 0.404. The Balaban J connectivity index is 0.00000481. The van der Waals surface area contributed by atoms with Gasteiger partial charge in [0.25, 0.3) is 0 Å². The van der Waals surface area contributed by atoms with Gasteiger partial charge in [-0.2, -0.15) is 16.7 Å². The van der Waals surface area contributed by atoms with Gasteiger partial charge in [-0.3, -0.25) is 4.68 Å². The van der Waals surface area contributed by atoms with Gasteiger partial charge in [-0.1, -0.05) is 83.8 Å². The van der Waals surface area contributed by atoms with E-state index in [2.05, 4.69) is 138 Å². The second-order valence-electron chi connectivity index (χ2n) is 16.3. The van der Waals surface area contributed by atoms with E-state index in [0.29, 0.717) is 41.1 Å². The van der Waals surface area contributed by atoms with Gasteiger partial charge in [0, 0.05) is 40.4 Å². The molecule has 1 unspecified atom stereocenters. The van der Waals surface area contributed by atoms with Gasteiger partial charge in [-0.05, 0) is 104 Å². The van der Waals surface area contributed by atoms with Crippen molar-refractivity contribution in [3.8, 4) is 23.0 Å². The Morgan fingerprint density at radius 1 is 0.830 bits per heavy atom. The summed E-state index contributed by atoms with van der Waals surface area (Å²) in [6.45, 7) is 20.7. The molecule has 3 aromatic heterocycles. The Morgan fingerprint density at radius 3 is 2.32 bits per heavy atom. The van der Waals surface area contributed by atoms with Crippen LogP contribution in [0.25, 0.3) is 33.3 Å². The minimum absolute atomic E-state index is 0. The van der Waals surface area contributed by atoms with Crippen molar-refractivity contribution in [1.82, 2.24) is 19.3 Å². The average molecular weight is 886 g/mol. The molecular weight excluding hydrogens is 832 g/mol. The summed E-state index contributed by atoms with van der Waals surface area (Å²) < 4.78 is 11.1. The summed E-state index contributed by atoms with van der Waals surface area (Å²) in [5, 5.41) is 7.76. The van der Waals surface area contributed by atoms with Crippen molar-refractivity contribution in [2.24, 2.45) is 23.7 Å². The maximum Gasteiger partial charge on any atom is 2.00 e. The van der Waals surface area contributed by atoms with Gasteiger partial charge in [0.1, 0.15) is 5.82 Å². The van der Waals surface area contributed by atoms with Crippen LogP contribution in [0.15, 0.2) is 78.5 Å². The first-order valence-electron chi connectivity index (χ1n) is 19.4. The molecule has 0 spiro atoms. The molecule has 0 radical (unpaired) electrons. The smallest absolute Gasteiger partial charge is 0.509 e. The van der Waals surface area contributed by atoms with Crippen molar-refractivity contribution >= 4 is 21.8 Å². The average Bonchev–Trinajstić information content (AvgIpc) is 3.61. The Kier molecular flexibility index (Phi) is 11.8. The van der Waals surface area contributed by atoms with Crippen molar-refractivity contribution in [3.05, 3.63) is 119 Å².